The van der Waals surface area contributed by atoms with Crippen LogP contribution in [0.15, 0.2) is 24.5 Å². The minimum absolute atomic E-state index is 0.0106. The van der Waals surface area contributed by atoms with Crippen molar-refractivity contribution in [2.75, 3.05) is 49.1 Å². The lowest BCUT2D eigenvalue weighted by Crippen LogP contribution is -2.52. The Morgan fingerprint density at radius 2 is 1.78 bits per heavy atom. The van der Waals surface area contributed by atoms with Crippen molar-refractivity contribution in [1.82, 2.24) is 24.4 Å². The van der Waals surface area contributed by atoms with Gasteiger partial charge in [0.25, 0.3) is 0 Å². The van der Waals surface area contributed by atoms with Crippen LogP contribution in [0, 0.1) is 19.8 Å². The van der Waals surface area contributed by atoms with Gasteiger partial charge in [0.2, 0.25) is 5.91 Å². The molecule has 1 amide bonds. The molecule has 2 saturated heterocycles. The molecule has 3 aromatic rings. The van der Waals surface area contributed by atoms with Crippen LogP contribution in [-0.2, 0) is 17.8 Å². The van der Waals surface area contributed by atoms with E-state index in [0.717, 1.165) is 81.3 Å². The van der Waals surface area contributed by atoms with Gasteiger partial charge in [-0.1, -0.05) is 18.6 Å². The molecule has 0 unspecified atom stereocenters. The van der Waals surface area contributed by atoms with Crippen LogP contribution in [0.3, 0.4) is 0 Å². The molecule has 1 atom stereocenters. The van der Waals surface area contributed by atoms with Crippen LogP contribution in [0.5, 0.6) is 0 Å². The van der Waals surface area contributed by atoms with Crippen LogP contribution in [0.2, 0.25) is 0 Å². The second-order valence-electron chi connectivity index (χ2n) is 10.7. The smallest absolute Gasteiger partial charge is 0.227 e. The predicted molar refractivity (Wildman–Crippen MR) is 143 cm³/mol. The van der Waals surface area contributed by atoms with E-state index in [1.807, 2.05) is 0 Å². The van der Waals surface area contributed by atoms with Gasteiger partial charge in [-0.25, -0.2) is 15.0 Å². The van der Waals surface area contributed by atoms with Crippen LogP contribution in [0.4, 0.5) is 11.5 Å². The van der Waals surface area contributed by atoms with Gasteiger partial charge in [0.15, 0.2) is 17.0 Å². The highest BCUT2D eigenvalue weighted by atomic mass is 16.2. The highest BCUT2D eigenvalue weighted by molar-refractivity contribution is 5.85. The maximum atomic E-state index is 13.6. The summed E-state index contributed by atoms with van der Waals surface area (Å²) in [5.74, 6) is 2.34. The Balaban J connectivity index is 1.15. The van der Waals surface area contributed by atoms with E-state index in [1.165, 1.54) is 36.1 Å². The second kappa shape index (κ2) is 9.71. The number of hydrogen-bond donors (Lipinski definition) is 0. The maximum Gasteiger partial charge on any atom is 0.227 e. The van der Waals surface area contributed by atoms with Crippen molar-refractivity contribution < 1.29 is 4.79 Å². The standard InChI is InChI=1S/C28H37N7O/c1-20-9-10-21(2)23(17-20)32-13-15-33(16-14-32)28(36)22-7-6-11-34(18-22)26-25-27(30-19-29-26)35-12-5-3-4-8-24(35)31-25/h9-10,17,19,22H,3-8,11-16,18H2,1-2H3/t22-/m0/s1. The fourth-order valence-corrected chi connectivity index (χ4v) is 6.21. The van der Waals surface area contributed by atoms with Gasteiger partial charge >= 0.3 is 0 Å². The summed E-state index contributed by atoms with van der Waals surface area (Å²) in [5, 5.41) is 0. The molecule has 190 valence electrons. The number of carbonyl (C=O) groups is 1. The maximum absolute atomic E-state index is 13.6. The second-order valence-corrected chi connectivity index (χ2v) is 10.7. The number of benzene rings is 1. The van der Waals surface area contributed by atoms with Crippen LogP contribution in [0.25, 0.3) is 11.2 Å². The minimum Gasteiger partial charge on any atom is -0.368 e. The van der Waals surface area contributed by atoms with E-state index < -0.39 is 0 Å². The van der Waals surface area contributed by atoms with Gasteiger partial charge in [0.05, 0.1) is 5.92 Å². The molecule has 8 nitrogen and oxygen atoms in total. The Kier molecular flexibility index (Phi) is 6.27. The van der Waals surface area contributed by atoms with E-state index in [2.05, 4.69) is 61.3 Å². The molecule has 0 aliphatic carbocycles. The van der Waals surface area contributed by atoms with Gasteiger partial charge in [0.1, 0.15) is 12.2 Å². The third-order valence-corrected chi connectivity index (χ3v) is 8.24. The van der Waals surface area contributed by atoms with E-state index >= 15 is 0 Å². The molecule has 36 heavy (non-hydrogen) atoms. The number of hydrogen-bond acceptors (Lipinski definition) is 6. The van der Waals surface area contributed by atoms with Crippen molar-refractivity contribution in [3.05, 3.63) is 41.5 Å². The first-order chi connectivity index (χ1) is 17.6. The molecular weight excluding hydrogens is 450 g/mol. The van der Waals surface area contributed by atoms with E-state index in [0.29, 0.717) is 12.5 Å². The molecule has 0 saturated carbocycles. The van der Waals surface area contributed by atoms with Crippen molar-refractivity contribution in [3.8, 4) is 0 Å². The lowest BCUT2D eigenvalue weighted by Gasteiger charge is -2.40. The number of aryl methyl sites for hydroxylation is 4. The highest BCUT2D eigenvalue weighted by Crippen LogP contribution is 2.30. The first-order valence-electron chi connectivity index (χ1n) is 13.6. The van der Waals surface area contributed by atoms with Crippen LogP contribution < -0.4 is 9.80 Å². The SMILES string of the molecule is Cc1ccc(C)c(N2CCN(C(=O)[C@H]3CCCN(c4ncnc5c4nc4n5CCCCC4)C3)CC2)c1. The van der Waals surface area contributed by atoms with Gasteiger partial charge in [-0.2, -0.15) is 0 Å². The summed E-state index contributed by atoms with van der Waals surface area (Å²) in [6.45, 7) is 10.3. The normalized spacial score (nSPS) is 20.9. The summed E-state index contributed by atoms with van der Waals surface area (Å²) in [7, 11) is 0. The third-order valence-electron chi connectivity index (χ3n) is 8.24. The number of amides is 1. The van der Waals surface area contributed by atoms with Gasteiger partial charge in [-0.15, -0.1) is 0 Å². The lowest BCUT2D eigenvalue weighted by atomic mass is 9.96. The molecule has 3 aliphatic heterocycles. The number of anilines is 2. The monoisotopic (exact) mass is 487 g/mol. The Labute approximate surface area is 213 Å². The number of piperidine rings is 1. The fourth-order valence-electron chi connectivity index (χ4n) is 6.21. The molecule has 0 spiro atoms. The number of rotatable bonds is 3. The summed E-state index contributed by atoms with van der Waals surface area (Å²) in [6, 6.07) is 6.63. The summed E-state index contributed by atoms with van der Waals surface area (Å²) < 4.78 is 2.29. The van der Waals surface area contributed by atoms with Gasteiger partial charge < -0.3 is 19.3 Å². The van der Waals surface area contributed by atoms with E-state index in [1.54, 1.807) is 6.33 Å². The molecule has 2 fully saturated rings. The quantitative estimate of drug-likeness (QED) is 0.561. The number of piperazine rings is 1. The van der Waals surface area contributed by atoms with Crippen molar-refractivity contribution in [2.24, 2.45) is 5.92 Å². The third kappa shape index (κ3) is 4.31. The molecule has 0 N–H and O–H groups in total. The molecule has 0 bridgehead atoms. The number of aromatic nitrogens is 4. The van der Waals surface area contributed by atoms with Crippen LogP contribution in [0.1, 0.15) is 49.1 Å². The van der Waals surface area contributed by atoms with Crippen molar-refractivity contribution >= 4 is 28.6 Å². The van der Waals surface area contributed by atoms with Gasteiger partial charge in [-0.3, -0.25) is 4.79 Å². The molecule has 2 aromatic heterocycles. The topological polar surface area (TPSA) is 70.4 Å². The molecule has 1 aromatic carbocycles. The molecule has 0 radical (unpaired) electrons. The van der Waals surface area contributed by atoms with Crippen molar-refractivity contribution in [2.45, 2.75) is 58.9 Å². The van der Waals surface area contributed by atoms with Crippen LogP contribution >= 0.6 is 0 Å². The Hall–Kier alpha value is -3.16. The number of imidazole rings is 1. The first-order valence-corrected chi connectivity index (χ1v) is 13.6. The number of nitrogens with zero attached hydrogens (tertiary/aromatic N) is 7. The molecule has 3 aliphatic rings. The molecule has 6 rings (SSSR count). The number of carbonyl (C=O) groups excluding carboxylic acids is 1. The zero-order valence-corrected chi connectivity index (χ0v) is 21.6. The zero-order valence-electron chi connectivity index (χ0n) is 21.6. The Bertz CT molecular complexity index is 1260. The summed E-state index contributed by atoms with van der Waals surface area (Å²) in [4.78, 5) is 34.7. The molecule has 5 heterocycles. The zero-order chi connectivity index (χ0) is 24.6. The summed E-state index contributed by atoms with van der Waals surface area (Å²) >= 11 is 0. The van der Waals surface area contributed by atoms with Crippen molar-refractivity contribution in [3.63, 3.8) is 0 Å². The van der Waals surface area contributed by atoms with E-state index in [-0.39, 0.29) is 5.92 Å². The average Bonchev–Trinajstić information content (AvgIpc) is 3.10. The largest absolute Gasteiger partial charge is 0.368 e. The predicted octanol–water partition coefficient (Wildman–Crippen LogP) is 3.73. The van der Waals surface area contributed by atoms with Gasteiger partial charge in [-0.05, 0) is 56.7 Å². The first kappa shape index (κ1) is 23.3. The average molecular weight is 488 g/mol. The highest BCUT2D eigenvalue weighted by Gasteiger charge is 2.33. The number of fused-ring (bicyclic) bond motifs is 3. The van der Waals surface area contributed by atoms with Gasteiger partial charge in [0, 0.05) is 57.9 Å². The summed E-state index contributed by atoms with van der Waals surface area (Å²) in [6.07, 6.45) is 8.23. The Morgan fingerprint density at radius 1 is 0.917 bits per heavy atom. The fraction of sp³-hybridized carbons (Fsp3) is 0.571. The Morgan fingerprint density at radius 3 is 2.64 bits per heavy atom. The minimum atomic E-state index is 0.0106. The summed E-state index contributed by atoms with van der Waals surface area (Å²) in [5.41, 5.74) is 5.75. The van der Waals surface area contributed by atoms with Crippen molar-refractivity contribution in [1.29, 1.82) is 0 Å². The lowest BCUT2D eigenvalue weighted by molar-refractivity contribution is -0.136. The van der Waals surface area contributed by atoms with E-state index in [9.17, 15) is 4.79 Å². The van der Waals surface area contributed by atoms with E-state index in [4.69, 9.17) is 4.98 Å². The molecular formula is C28H37N7O. The molecule has 8 heteroatoms. The van der Waals surface area contributed by atoms with Crippen LogP contribution in [-0.4, -0.2) is 69.6 Å².